The van der Waals surface area contributed by atoms with Gasteiger partial charge in [-0.25, -0.2) is 0 Å². The van der Waals surface area contributed by atoms with E-state index >= 15 is 0 Å². The number of para-hydroxylation sites is 1. The summed E-state index contributed by atoms with van der Waals surface area (Å²) in [5, 5.41) is 2.58. The molecule has 1 aliphatic rings. The maximum atomic E-state index is 2.30. The Morgan fingerprint density at radius 3 is 2.40 bits per heavy atom. The Hall–Kier alpha value is -2.54. The second-order valence-corrected chi connectivity index (χ2v) is 5.18. The van der Waals surface area contributed by atoms with E-state index in [1.54, 1.807) is 0 Å². The number of benzene rings is 3. The van der Waals surface area contributed by atoms with Gasteiger partial charge in [0.1, 0.15) is 0 Å². The van der Waals surface area contributed by atoms with Gasteiger partial charge in [-0.3, -0.25) is 0 Å². The van der Waals surface area contributed by atoms with E-state index in [-0.39, 0.29) is 0 Å². The second-order valence-electron chi connectivity index (χ2n) is 5.18. The van der Waals surface area contributed by atoms with Gasteiger partial charge in [0.25, 0.3) is 0 Å². The van der Waals surface area contributed by atoms with Crippen molar-refractivity contribution in [1.82, 2.24) is 0 Å². The van der Waals surface area contributed by atoms with Gasteiger partial charge >= 0.3 is 0 Å². The molecule has 0 N–H and O–H groups in total. The smallest absolute Gasteiger partial charge is 0.0561 e. The fraction of sp³-hybridized carbons (Fsp3) is 0.0526. The monoisotopic (exact) mass is 257 g/mol. The highest BCUT2D eigenvalue weighted by atomic mass is 15.1. The first kappa shape index (κ1) is 11.3. The van der Waals surface area contributed by atoms with Crippen LogP contribution in [-0.2, 0) is 0 Å². The third kappa shape index (κ3) is 1.56. The van der Waals surface area contributed by atoms with Gasteiger partial charge in [-0.2, -0.15) is 0 Å². The molecule has 0 aliphatic carbocycles. The van der Waals surface area contributed by atoms with Crippen molar-refractivity contribution < 1.29 is 0 Å². The van der Waals surface area contributed by atoms with Crippen molar-refractivity contribution >= 4 is 34.3 Å². The Morgan fingerprint density at radius 1 is 0.700 bits per heavy atom. The molecule has 0 radical (unpaired) electrons. The van der Waals surface area contributed by atoms with Crippen molar-refractivity contribution in [3.05, 3.63) is 71.8 Å². The molecule has 1 heterocycles. The number of rotatable bonds is 0. The van der Waals surface area contributed by atoms with Gasteiger partial charge in [-0.1, -0.05) is 66.7 Å². The Bertz CT molecular complexity index is 830. The van der Waals surface area contributed by atoms with Gasteiger partial charge < -0.3 is 4.90 Å². The third-order valence-corrected chi connectivity index (χ3v) is 4.01. The zero-order valence-electron chi connectivity index (χ0n) is 11.4. The van der Waals surface area contributed by atoms with E-state index in [1.165, 1.54) is 33.3 Å². The van der Waals surface area contributed by atoms with Crippen LogP contribution >= 0.6 is 0 Å². The summed E-state index contributed by atoms with van der Waals surface area (Å²) in [7, 11) is 2.15. The van der Waals surface area contributed by atoms with Crippen LogP contribution < -0.4 is 4.90 Å². The third-order valence-electron chi connectivity index (χ3n) is 4.01. The molecular formula is C19H15N. The number of nitrogens with zero attached hydrogens (tertiary/aromatic N) is 1. The molecule has 0 spiro atoms. The van der Waals surface area contributed by atoms with Crippen LogP contribution in [-0.4, -0.2) is 7.05 Å². The molecular weight excluding hydrogens is 242 g/mol. The molecule has 3 aromatic rings. The van der Waals surface area contributed by atoms with Crippen molar-refractivity contribution in [3.8, 4) is 0 Å². The van der Waals surface area contributed by atoms with Crippen molar-refractivity contribution in [3.63, 3.8) is 0 Å². The first-order chi connectivity index (χ1) is 9.84. The number of fused-ring (bicyclic) bond motifs is 4. The predicted octanol–water partition coefficient (Wildman–Crippen LogP) is 5.09. The molecule has 0 atom stereocenters. The fourth-order valence-electron chi connectivity index (χ4n) is 3.01. The van der Waals surface area contributed by atoms with Crippen LogP contribution in [0.5, 0.6) is 0 Å². The average molecular weight is 257 g/mol. The van der Waals surface area contributed by atoms with Gasteiger partial charge in [0, 0.05) is 18.1 Å². The maximum Gasteiger partial charge on any atom is 0.0561 e. The molecule has 3 aromatic carbocycles. The fourth-order valence-corrected chi connectivity index (χ4v) is 3.01. The Morgan fingerprint density at radius 2 is 1.45 bits per heavy atom. The molecule has 0 aromatic heterocycles. The molecule has 0 saturated heterocycles. The SMILES string of the molecule is CN1c2ccccc2C=Cc2ccc3ccccc3c21. The Labute approximate surface area is 118 Å². The highest BCUT2D eigenvalue weighted by molar-refractivity contribution is 6.03. The van der Waals surface area contributed by atoms with E-state index in [4.69, 9.17) is 0 Å². The Kier molecular flexibility index (Phi) is 2.40. The molecule has 4 rings (SSSR count). The molecule has 1 nitrogen and oxygen atoms in total. The van der Waals surface area contributed by atoms with Crippen LogP contribution in [0.4, 0.5) is 11.4 Å². The summed E-state index contributed by atoms with van der Waals surface area (Å²) in [4.78, 5) is 2.30. The molecule has 0 amide bonds. The summed E-state index contributed by atoms with van der Waals surface area (Å²) in [5.41, 5.74) is 5.06. The summed E-state index contributed by atoms with van der Waals surface area (Å²) >= 11 is 0. The molecule has 0 fully saturated rings. The topological polar surface area (TPSA) is 3.24 Å². The van der Waals surface area contributed by atoms with E-state index in [1.807, 2.05) is 0 Å². The second kappa shape index (κ2) is 4.24. The van der Waals surface area contributed by atoms with Gasteiger partial charge in [-0.15, -0.1) is 0 Å². The molecule has 1 heteroatoms. The van der Waals surface area contributed by atoms with Gasteiger partial charge in [0.05, 0.1) is 5.69 Å². The van der Waals surface area contributed by atoms with Crippen LogP contribution in [0.1, 0.15) is 11.1 Å². The van der Waals surface area contributed by atoms with E-state index in [0.29, 0.717) is 0 Å². The van der Waals surface area contributed by atoms with Crippen LogP contribution in [0.2, 0.25) is 0 Å². The molecule has 20 heavy (non-hydrogen) atoms. The van der Waals surface area contributed by atoms with E-state index in [2.05, 4.69) is 84.8 Å². The number of hydrogen-bond acceptors (Lipinski definition) is 1. The molecule has 0 bridgehead atoms. The predicted molar refractivity (Wildman–Crippen MR) is 87.4 cm³/mol. The minimum absolute atomic E-state index is 1.25. The van der Waals surface area contributed by atoms with Crippen molar-refractivity contribution in [1.29, 1.82) is 0 Å². The lowest BCUT2D eigenvalue weighted by molar-refractivity contribution is 1.22. The molecule has 0 unspecified atom stereocenters. The van der Waals surface area contributed by atoms with Gasteiger partial charge in [0.15, 0.2) is 0 Å². The van der Waals surface area contributed by atoms with Crippen LogP contribution in [0, 0.1) is 0 Å². The minimum atomic E-state index is 1.25. The first-order valence-electron chi connectivity index (χ1n) is 6.87. The van der Waals surface area contributed by atoms with Gasteiger partial charge in [-0.05, 0) is 22.6 Å². The van der Waals surface area contributed by atoms with Crippen molar-refractivity contribution in [2.45, 2.75) is 0 Å². The summed E-state index contributed by atoms with van der Waals surface area (Å²) in [6, 6.07) is 21.5. The lowest BCUT2D eigenvalue weighted by Crippen LogP contribution is -2.11. The van der Waals surface area contributed by atoms with Crippen LogP contribution in [0.15, 0.2) is 60.7 Å². The zero-order chi connectivity index (χ0) is 13.5. The molecule has 1 aliphatic heterocycles. The Balaban J connectivity index is 2.08. The zero-order valence-corrected chi connectivity index (χ0v) is 11.4. The standard InChI is InChI=1S/C19H15N/c1-20-18-9-5-3-7-15(18)11-13-16-12-10-14-6-2-4-8-17(14)19(16)20/h2-13H,1H3. The van der Waals surface area contributed by atoms with E-state index < -0.39 is 0 Å². The lowest BCUT2D eigenvalue weighted by atomic mass is 10.0. The van der Waals surface area contributed by atoms with Crippen molar-refractivity contribution in [2.75, 3.05) is 11.9 Å². The number of hydrogen-bond donors (Lipinski definition) is 0. The van der Waals surface area contributed by atoms with E-state index in [0.717, 1.165) is 0 Å². The largest absolute Gasteiger partial charge is 0.343 e. The summed E-state index contributed by atoms with van der Waals surface area (Å²) < 4.78 is 0. The maximum absolute atomic E-state index is 2.30. The quantitative estimate of drug-likeness (QED) is 0.542. The van der Waals surface area contributed by atoms with Crippen LogP contribution in [0.3, 0.4) is 0 Å². The summed E-state index contributed by atoms with van der Waals surface area (Å²) in [5.74, 6) is 0. The molecule has 96 valence electrons. The summed E-state index contributed by atoms with van der Waals surface area (Å²) in [6.07, 6.45) is 4.41. The number of anilines is 2. The molecule has 0 saturated carbocycles. The van der Waals surface area contributed by atoms with E-state index in [9.17, 15) is 0 Å². The summed E-state index contributed by atoms with van der Waals surface area (Å²) in [6.45, 7) is 0. The normalized spacial score (nSPS) is 12.9. The highest BCUT2D eigenvalue weighted by Gasteiger charge is 2.16. The average Bonchev–Trinajstić information content (AvgIpc) is 2.65. The first-order valence-corrected chi connectivity index (χ1v) is 6.87. The van der Waals surface area contributed by atoms with Gasteiger partial charge in [0.2, 0.25) is 0 Å². The van der Waals surface area contributed by atoms with Crippen LogP contribution in [0.25, 0.3) is 22.9 Å². The van der Waals surface area contributed by atoms with Crippen molar-refractivity contribution in [2.24, 2.45) is 0 Å². The minimum Gasteiger partial charge on any atom is -0.343 e. The highest BCUT2D eigenvalue weighted by Crippen LogP contribution is 2.39. The lowest BCUT2D eigenvalue weighted by Gasteiger charge is -2.23.